The van der Waals surface area contributed by atoms with Crippen LogP contribution in [0.1, 0.15) is 19.1 Å². The average Bonchev–Trinajstić information content (AvgIpc) is 2.99. The van der Waals surface area contributed by atoms with Crippen LogP contribution < -0.4 is 5.56 Å². The van der Waals surface area contributed by atoms with Gasteiger partial charge in [-0.2, -0.15) is 0 Å². The van der Waals surface area contributed by atoms with Gasteiger partial charge in [-0.05, 0) is 12.8 Å². The predicted octanol–water partition coefficient (Wildman–Crippen LogP) is -0.200. The molecule has 0 radical (unpaired) electrons. The molecule has 3 heterocycles. The SMILES string of the molecule is Cn1cnc2c(ncn2[C@H]2CC[C@@H](CO)O2)c1=O. The smallest absolute Gasteiger partial charge is 0.281 e. The molecule has 1 aliphatic rings. The molecule has 0 aromatic carbocycles. The fraction of sp³-hybridized carbons (Fsp3) is 0.545. The van der Waals surface area contributed by atoms with E-state index in [0.717, 1.165) is 12.8 Å². The lowest BCUT2D eigenvalue weighted by atomic mass is 10.2. The van der Waals surface area contributed by atoms with E-state index in [1.165, 1.54) is 10.9 Å². The van der Waals surface area contributed by atoms with Crippen LogP contribution >= 0.6 is 0 Å². The minimum atomic E-state index is -0.202. The summed E-state index contributed by atoms with van der Waals surface area (Å²) in [6, 6.07) is 0. The summed E-state index contributed by atoms with van der Waals surface area (Å²) in [4.78, 5) is 20.2. The number of aliphatic hydroxyl groups excluding tert-OH is 1. The number of aryl methyl sites for hydroxylation is 1. The summed E-state index contributed by atoms with van der Waals surface area (Å²) in [5.41, 5.74) is 0.702. The molecule has 2 atom stereocenters. The number of hydrogen-bond acceptors (Lipinski definition) is 5. The van der Waals surface area contributed by atoms with Gasteiger partial charge in [0.2, 0.25) is 0 Å². The molecule has 2 aromatic heterocycles. The molecule has 3 rings (SSSR count). The molecule has 0 bridgehead atoms. The molecule has 0 aliphatic carbocycles. The topological polar surface area (TPSA) is 82.2 Å². The molecule has 18 heavy (non-hydrogen) atoms. The van der Waals surface area contributed by atoms with Crippen molar-refractivity contribution >= 4 is 11.2 Å². The first kappa shape index (κ1) is 11.4. The van der Waals surface area contributed by atoms with Crippen molar-refractivity contribution < 1.29 is 9.84 Å². The Labute approximate surface area is 103 Å². The highest BCUT2D eigenvalue weighted by Gasteiger charge is 2.27. The summed E-state index contributed by atoms with van der Waals surface area (Å²) in [6.07, 6.45) is 4.29. The maximum Gasteiger partial charge on any atom is 0.281 e. The van der Waals surface area contributed by atoms with Crippen molar-refractivity contribution in [2.45, 2.75) is 25.2 Å². The molecule has 96 valence electrons. The molecule has 0 saturated carbocycles. The summed E-state index contributed by atoms with van der Waals surface area (Å²) in [6.45, 7) is 0.0122. The highest BCUT2D eigenvalue weighted by atomic mass is 16.5. The van der Waals surface area contributed by atoms with E-state index < -0.39 is 0 Å². The van der Waals surface area contributed by atoms with Gasteiger partial charge < -0.3 is 14.4 Å². The van der Waals surface area contributed by atoms with Crippen molar-refractivity contribution in [2.24, 2.45) is 7.05 Å². The van der Waals surface area contributed by atoms with Crippen LogP contribution in [-0.2, 0) is 11.8 Å². The highest BCUT2D eigenvalue weighted by Crippen LogP contribution is 2.29. The number of hydrogen-bond donors (Lipinski definition) is 1. The van der Waals surface area contributed by atoms with E-state index in [1.807, 2.05) is 0 Å². The Kier molecular flexibility index (Phi) is 2.64. The number of aliphatic hydroxyl groups is 1. The van der Waals surface area contributed by atoms with Gasteiger partial charge in [0.1, 0.15) is 6.23 Å². The van der Waals surface area contributed by atoms with Gasteiger partial charge in [0.25, 0.3) is 5.56 Å². The molecule has 2 aromatic rings. The van der Waals surface area contributed by atoms with E-state index in [0.29, 0.717) is 11.2 Å². The number of rotatable bonds is 2. The second-order valence-electron chi connectivity index (χ2n) is 4.46. The third-order valence-electron chi connectivity index (χ3n) is 3.24. The van der Waals surface area contributed by atoms with Crippen LogP contribution in [0, 0.1) is 0 Å². The fourth-order valence-electron chi connectivity index (χ4n) is 2.23. The van der Waals surface area contributed by atoms with Crippen LogP contribution in [0.15, 0.2) is 17.4 Å². The lowest BCUT2D eigenvalue weighted by Gasteiger charge is -2.13. The largest absolute Gasteiger partial charge is 0.394 e. The van der Waals surface area contributed by atoms with E-state index in [9.17, 15) is 4.79 Å². The zero-order chi connectivity index (χ0) is 12.7. The van der Waals surface area contributed by atoms with Crippen LogP contribution in [-0.4, -0.2) is 36.9 Å². The minimum Gasteiger partial charge on any atom is -0.394 e. The molecule has 1 N–H and O–H groups in total. The van der Waals surface area contributed by atoms with Crippen molar-refractivity contribution in [1.29, 1.82) is 0 Å². The number of nitrogens with zero attached hydrogens (tertiary/aromatic N) is 4. The molecular weight excluding hydrogens is 236 g/mol. The maximum atomic E-state index is 11.8. The number of fused-ring (bicyclic) bond motifs is 1. The van der Waals surface area contributed by atoms with Crippen molar-refractivity contribution in [2.75, 3.05) is 6.61 Å². The van der Waals surface area contributed by atoms with Crippen LogP contribution in [0.2, 0.25) is 0 Å². The molecule has 0 spiro atoms. The fourth-order valence-corrected chi connectivity index (χ4v) is 2.23. The maximum absolute atomic E-state index is 11.8. The third kappa shape index (κ3) is 1.63. The van der Waals surface area contributed by atoms with Crippen LogP contribution in [0.4, 0.5) is 0 Å². The molecule has 1 saturated heterocycles. The Morgan fingerprint density at radius 2 is 2.28 bits per heavy atom. The second-order valence-corrected chi connectivity index (χ2v) is 4.46. The molecule has 7 heteroatoms. The zero-order valence-corrected chi connectivity index (χ0v) is 9.98. The van der Waals surface area contributed by atoms with Gasteiger partial charge in [-0.3, -0.25) is 9.36 Å². The normalized spacial score (nSPS) is 23.9. The lowest BCUT2D eigenvalue weighted by molar-refractivity contribution is -0.0207. The second kappa shape index (κ2) is 4.18. The first-order valence-corrected chi connectivity index (χ1v) is 5.85. The first-order valence-electron chi connectivity index (χ1n) is 5.85. The van der Waals surface area contributed by atoms with Crippen molar-refractivity contribution in [3.8, 4) is 0 Å². The van der Waals surface area contributed by atoms with Crippen LogP contribution in [0.25, 0.3) is 11.2 Å². The van der Waals surface area contributed by atoms with Crippen LogP contribution in [0.5, 0.6) is 0 Å². The summed E-state index contributed by atoms with van der Waals surface area (Å²) in [5.74, 6) is 0. The average molecular weight is 250 g/mol. The molecular formula is C11H14N4O3. The molecule has 0 unspecified atom stereocenters. The van der Waals surface area contributed by atoms with E-state index in [-0.39, 0.29) is 24.5 Å². The highest BCUT2D eigenvalue weighted by molar-refractivity contribution is 5.69. The van der Waals surface area contributed by atoms with Gasteiger partial charge in [-0.25, -0.2) is 9.97 Å². The lowest BCUT2D eigenvalue weighted by Crippen LogP contribution is -2.18. The summed E-state index contributed by atoms with van der Waals surface area (Å²) in [5, 5.41) is 9.06. The molecule has 1 fully saturated rings. The summed E-state index contributed by atoms with van der Waals surface area (Å²) < 4.78 is 8.81. The van der Waals surface area contributed by atoms with Gasteiger partial charge in [0.15, 0.2) is 11.2 Å². The first-order chi connectivity index (χ1) is 8.70. The number of imidazole rings is 1. The van der Waals surface area contributed by atoms with E-state index >= 15 is 0 Å². The van der Waals surface area contributed by atoms with Gasteiger partial charge in [-0.1, -0.05) is 0 Å². The number of aromatic nitrogens is 4. The van der Waals surface area contributed by atoms with E-state index in [4.69, 9.17) is 9.84 Å². The van der Waals surface area contributed by atoms with Crippen LogP contribution in [0.3, 0.4) is 0 Å². The van der Waals surface area contributed by atoms with Gasteiger partial charge in [-0.15, -0.1) is 0 Å². The Balaban J connectivity index is 2.04. The van der Waals surface area contributed by atoms with Crippen molar-refractivity contribution in [1.82, 2.24) is 19.1 Å². The molecule has 7 nitrogen and oxygen atoms in total. The minimum absolute atomic E-state index is 0.0122. The van der Waals surface area contributed by atoms with Gasteiger partial charge in [0, 0.05) is 7.05 Å². The Morgan fingerprint density at radius 1 is 1.44 bits per heavy atom. The molecule has 0 amide bonds. The standard InChI is InChI=1S/C11H14N4O3/c1-14-5-13-10-9(11(14)17)12-6-15(10)8-3-2-7(4-16)18-8/h5-8,16H,2-4H2,1H3/t7-,8+/m0/s1. The Bertz CT molecular complexity index is 633. The quantitative estimate of drug-likeness (QED) is 0.798. The van der Waals surface area contributed by atoms with Crippen molar-refractivity contribution in [3.63, 3.8) is 0 Å². The molecule has 1 aliphatic heterocycles. The monoisotopic (exact) mass is 250 g/mol. The van der Waals surface area contributed by atoms with Gasteiger partial charge in [0.05, 0.1) is 25.4 Å². The number of ether oxygens (including phenoxy) is 1. The summed E-state index contributed by atoms with van der Waals surface area (Å²) >= 11 is 0. The van der Waals surface area contributed by atoms with Crippen molar-refractivity contribution in [3.05, 3.63) is 23.0 Å². The Hall–Kier alpha value is -1.73. The summed E-state index contributed by atoms with van der Waals surface area (Å²) in [7, 11) is 1.64. The van der Waals surface area contributed by atoms with E-state index in [1.54, 1.807) is 17.9 Å². The van der Waals surface area contributed by atoms with E-state index in [2.05, 4.69) is 9.97 Å². The zero-order valence-electron chi connectivity index (χ0n) is 9.98. The third-order valence-corrected chi connectivity index (χ3v) is 3.24. The Morgan fingerprint density at radius 3 is 3.00 bits per heavy atom. The predicted molar refractivity (Wildman–Crippen MR) is 63.0 cm³/mol. The van der Waals surface area contributed by atoms with Gasteiger partial charge >= 0.3 is 0 Å².